The van der Waals surface area contributed by atoms with Crippen molar-refractivity contribution >= 4 is 47.0 Å². The Bertz CT molecular complexity index is 1300. The van der Waals surface area contributed by atoms with Crippen LogP contribution < -0.4 is 14.4 Å². The van der Waals surface area contributed by atoms with Gasteiger partial charge in [-0.05, 0) is 80.4 Å². The molecule has 7 nitrogen and oxygen atoms in total. The lowest BCUT2D eigenvalue weighted by atomic mass is 10.0. The second-order valence-corrected chi connectivity index (χ2v) is 9.27. The van der Waals surface area contributed by atoms with Crippen molar-refractivity contribution in [3.05, 3.63) is 84.0 Å². The van der Waals surface area contributed by atoms with Gasteiger partial charge in [0.2, 0.25) is 12.4 Å². The summed E-state index contributed by atoms with van der Waals surface area (Å²) in [7, 11) is 0. The summed E-state index contributed by atoms with van der Waals surface area (Å²) in [5, 5.41) is 9.83. The molecule has 0 bridgehead atoms. The van der Waals surface area contributed by atoms with Crippen LogP contribution in [0, 0.1) is 13.5 Å². The summed E-state index contributed by atoms with van der Waals surface area (Å²) in [6, 6.07) is 16.8. The number of thiocarbonyl (C=S) groups is 1. The standard InChI is InChI=1S/C27H27N4O3S.ClH/c1-19-18-22(8-11-24(19)28-4)31-25(32)27(2,3)30(26(31)35)14-5-17-34-23-9-6-20(7-10-23)21-12-15-29(33)16-13-21;/h6-13,15-16,18,33H,5,14,17H2,1-3H3;1H/q+1;. The van der Waals surface area contributed by atoms with E-state index < -0.39 is 5.54 Å². The molecule has 0 atom stereocenters. The number of rotatable bonds is 7. The molecule has 9 heteroatoms. The van der Waals surface area contributed by atoms with Crippen molar-refractivity contribution < 1.29 is 19.5 Å². The van der Waals surface area contributed by atoms with Gasteiger partial charge < -0.3 is 9.64 Å². The van der Waals surface area contributed by atoms with E-state index in [0.717, 1.165) is 27.2 Å². The molecule has 2 heterocycles. The summed E-state index contributed by atoms with van der Waals surface area (Å²) in [6.07, 6.45) is 3.86. The number of hydrogen-bond acceptors (Lipinski definition) is 4. The first kappa shape index (κ1) is 26.9. The fraction of sp³-hybridized carbons (Fsp3) is 0.259. The zero-order valence-electron chi connectivity index (χ0n) is 20.3. The number of ether oxygens (including phenoxy) is 1. The number of halogens is 1. The molecule has 0 aliphatic carbocycles. The van der Waals surface area contributed by atoms with Crippen molar-refractivity contribution in [1.82, 2.24) is 4.90 Å². The van der Waals surface area contributed by atoms with E-state index >= 15 is 0 Å². The van der Waals surface area contributed by atoms with E-state index in [1.807, 2.05) is 68.1 Å². The van der Waals surface area contributed by atoms with E-state index in [9.17, 15) is 10.0 Å². The molecule has 1 aromatic heterocycles. The maximum atomic E-state index is 13.2. The van der Waals surface area contributed by atoms with E-state index in [2.05, 4.69) is 4.85 Å². The highest BCUT2D eigenvalue weighted by Crippen LogP contribution is 2.34. The Labute approximate surface area is 222 Å². The number of benzene rings is 2. The first-order chi connectivity index (χ1) is 16.7. The van der Waals surface area contributed by atoms with Crippen LogP contribution in [0.25, 0.3) is 16.0 Å². The van der Waals surface area contributed by atoms with Crippen LogP contribution in [0.4, 0.5) is 11.4 Å². The molecular weight excluding hydrogens is 496 g/mol. The highest BCUT2D eigenvalue weighted by Gasteiger charge is 2.49. The van der Waals surface area contributed by atoms with Crippen molar-refractivity contribution in [1.29, 1.82) is 0 Å². The molecule has 1 fully saturated rings. The molecule has 36 heavy (non-hydrogen) atoms. The lowest BCUT2D eigenvalue weighted by molar-refractivity contribution is -0.904. The number of pyridine rings is 1. The van der Waals surface area contributed by atoms with Crippen molar-refractivity contribution in [2.75, 3.05) is 18.1 Å². The molecule has 1 aliphatic heterocycles. The van der Waals surface area contributed by atoms with Gasteiger partial charge in [0.15, 0.2) is 10.8 Å². The normalized spacial score (nSPS) is 14.4. The van der Waals surface area contributed by atoms with Crippen molar-refractivity contribution in [2.24, 2.45) is 0 Å². The van der Waals surface area contributed by atoms with Gasteiger partial charge >= 0.3 is 0 Å². The summed E-state index contributed by atoms with van der Waals surface area (Å²) >= 11 is 5.70. The lowest BCUT2D eigenvalue weighted by Crippen LogP contribution is -2.44. The Morgan fingerprint density at radius 2 is 1.72 bits per heavy atom. The number of carbonyl (C=O) groups excluding carboxylic acids is 1. The van der Waals surface area contributed by atoms with Gasteiger partial charge in [0.25, 0.3) is 5.91 Å². The fourth-order valence-corrected chi connectivity index (χ4v) is 4.62. The Kier molecular flexibility index (Phi) is 8.18. The van der Waals surface area contributed by atoms with E-state index in [1.54, 1.807) is 29.4 Å². The molecule has 0 saturated carbocycles. The molecule has 2 aromatic carbocycles. The molecule has 3 aromatic rings. The summed E-state index contributed by atoms with van der Waals surface area (Å²) in [4.78, 5) is 20.2. The average Bonchev–Trinajstić information content (AvgIpc) is 3.01. The number of carbonyl (C=O) groups is 1. The second-order valence-electron chi connectivity index (χ2n) is 8.91. The van der Waals surface area contributed by atoms with Crippen molar-refractivity contribution in [2.45, 2.75) is 32.7 Å². The van der Waals surface area contributed by atoms with E-state index in [0.29, 0.717) is 36.1 Å². The van der Waals surface area contributed by atoms with Crippen LogP contribution in [0.1, 0.15) is 25.8 Å². The summed E-state index contributed by atoms with van der Waals surface area (Å²) in [5.74, 6) is 0.680. The fourth-order valence-electron chi connectivity index (χ4n) is 4.11. The molecule has 1 saturated heterocycles. The highest BCUT2D eigenvalue weighted by atomic mass is 35.5. The molecular formula is C27H28ClN4O3S+. The van der Waals surface area contributed by atoms with Gasteiger partial charge in [-0.2, -0.15) is 0 Å². The SMILES string of the molecule is Cl.[C-]#[N+]c1ccc(N2C(=O)C(C)(C)N(CCCOc3ccc(-c4cc[n+](O)cc4)cc3)C2=S)cc1C. The van der Waals surface area contributed by atoms with Crippen LogP contribution >= 0.6 is 24.6 Å². The number of amides is 1. The van der Waals surface area contributed by atoms with Gasteiger partial charge in [-0.3, -0.25) is 14.9 Å². The third-order valence-corrected chi connectivity index (χ3v) is 6.58. The topological polar surface area (TPSA) is 61.2 Å². The number of aromatic nitrogens is 1. The van der Waals surface area contributed by atoms with Crippen molar-refractivity contribution in [3.63, 3.8) is 0 Å². The quantitative estimate of drug-likeness (QED) is 0.149. The molecule has 1 amide bonds. The molecule has 1 N–H and O–H groups in total. The molecule has 186 valence electrons. The van der Waals surface area contributed by atoms with Crippen LogP contribution in [0.3, 0.4) is 0 Å². The van der Waals surface area contributed by atoms with Gasteiger partial charge in [0.05, 0.1) is 13.2 Å². The summed E-state index contributed by atoms with van der Waals surface area (Å²) in [5.41, 5.74) is 3.32. The Morgan fingerprint density at radius 1 is 1.08 bits per heavy atom. The first-order valence-corrected chi connectivity index (χ1v) is 11.7. The smallest absolute Gasteiger partial charge is 0.258 e. The van der Waals surface area contributed by atoms with Crippen LogP contribution in [-0.2, 0) is 4.79 Å². The predicted octanol–water partition coefficient (Wildman–Crippen LogP) is 5.34. The molecule has 0 spiro atoms. The molecule has 1 aliphatic rings. The minimum absolute atomic E-state index is 0. The Hall–Kier alpha value is -3.67. The van der Waals surface area contributed by atoms with Crippen molar-refractivity contribution in [3.8, 4) is 16.9 Å². The third-order valence-electron chi connectivity index (χ3n) is 6.18. The second kappa shape index (κ2) is 10.9. The maximum Gasteiger partial charge on any atom is 0.258 e. The van der Waals surface area contributed by atoms with Gasteiger partial charge in [0, 0.05) is 29.1 Å². The first-order valence-electron chi connectivity index (χ1n) is 11.3. The Balaban J connectivity index is 0.00000361. The van der Waals surface area contributed by atoms with Gasteiger partial charge in [-0.1, -0.05) is 18.2 Å². The van der Waals surface area contributed by atoms with Gasteiger partial charge in [-0.15, -0.1) is 12.4 Å². The molecule has 0 radical (unpaired) electrons. The molecule has 4 rings (SSSR count). The van der Waals surface area contributed by atoms with Crippen LogP contribution in [0.5, 0.6) is 5.75 Å². The zero-order chi connectivity index (χ0) is 25.2. The lowest BCUT2D eigenvalue weighted by Gasteiger charge is -2.29. The number of aryl methyl sites for hydroxylation is 1. The average molecular weight is 524 g/mol. The van der Waals surface area contributed by atoms with Gasteiger partial charge in [0.1, 0.15) is 11.3 Å². The van der Waals surface area contributed by atoms with E-state index in [-0.39, 0.29) is 18.3 Å². The predicted molar refractivity (Wildman–Crippen MR) is 145 cm³/mol. The van der Waals surface area contributed by atoms with Crippen LogP contribution in [0.2, 0.25) is 0 Å². The number of nitrogens with zero attached hydrogens (tertiary/aromatic N) is 4. The van der Waals surface area contributed by atoms with Crippen LogP contribution in [-0.4, -0.2) is 39.8 Å². The number of hydrogen-bond donors (Lipinski definition) is 1. The zero-order valence-corrected chi connectivity index (χ0v) is 22.0. The maximum absolute atomic E-state index is 13.2. The summed E-state index contributed by atoms with van der Waals surface area (Å²) < 4.78 is 6.93. The summed E-state index contributed by atoms with van der Waals surface area (Å²) in [6.45, 7) is 13.9. The number of anilines is 1. The van der Waals surface area contributed by atoms with Gasteiger partial charge in [-0.25, -0.2) is 4.85 Å². The Morgan fingerprint density at radius 3 is 2.33 bits per heavy atom. The van der Waals surface area contributed by atoms with E-state index in [4.69, 9.17) is 23.5 Å². The monoisotopic (exact) mass is 523 g/mol. The largest absolute Gasteiger partial charge is 0.494 e. The minimum atomic E-state index is -0.770. The minimum Gasteiger partial charge on any atom is -0.494 e. The highest BCUT2D eigenvalue weighted by molar-refractivity contribution is 7.80. The van der Waals surface area contributed by atoms with E-state index in [1.165, 1.54) is 0 Å². The third kappa shape index (κ3) is 5.27. The molecule has 0 unspecified atom stereocenters. The van der Waals surface area contributed by atoms with Crippen LogP contribution in [0.15, 0.2) is 67.0 Å².